The molecule has 0 unspecified atom stereocenters. The molecule has 2 rings (SSSR count). The molecule has 1 aromatic heterocycles. The molecule has 0 bridgehead atoms. The van der Waals surface area contributed by atoms with Gasteiger partial charge in [0.15, 0.2) is 5.96 Å². The number of rotatable bonds is 7. The lowest BCUT2D eigenvalue weighted by Crippen LogP contribution is -2.49. The normalized spacial score (nSPS) is 16.9. The molecule has 0 spiro atoms. The monoisotopic (exact) mass is 435 g/mol. The van der Waals surface area contributed by atoms with E-state index in [0.717, 1.165) is 51.0 Å². The highest BCUT2D eigenvalue weighted by Crippen LogP contribution is 2.01. The summed E-state index contributed by atoms with van der Waals surface area (Å²) in [6.45, 7) is 13.6. The fraction of sp³-hybridized carbons (Fsp3) is 0.688. The molecule has 7 heteroatoms. The molecule has 0 aromatic carbocycles. The quantitative estimate of drug-likeness (QED) is 0.387. The van der Waals surface area contributed by atoms with Gasteiger partial charge in [-0.1, -0.05) is 6.92 Å². The van der Waals surface area contributed by atoms with Crippen LogP contribution in [0, 0.1) is 0 Å². The highest BCUT2D eigenvalue weighted by atomic mass is 127. The van der Waals surface area contributed by atoms with E-state index < -0.39 is 0 Å². The van der Waals surface area contributed by atoms with Crippen molar-refractivity contribution in [3.63, 3.8) is 0 Å². The number of halogens is 1. The SMILES string of the molecule is CCNC(=NCc1ccco1)NCCN1CCN(CC)CC1.I. The van der Waals surface area contributed by atoms with Crippen molar-refractivity contribution in [1.82, 2.24) is 20.4 Å². The van der Waals surface area contributed by atoms with E-state index in [4.69, 9.17) is 4.42 Å². The summed E-state index contributed by atoms with van der Waals surface area (Å²) in [5.41, 5.74) is 0. The minimum Gasteiger partial charge on any atom is -0.467 e. The zero-order valence-corrected chi connectivity index (χ0v) is 16.6. The summed E-state index contributed by atoms with van der Waals surface area (Å²) in [6, 6.07) is 3.83. The molecule has 6 nitrogen and oxygen atoms in total. The lowest BCUT2D eigenvalue weighted by molar-refractivity contribution is 0.139. The molecule has 0 saturated carbocycles. The fourth-order valence-electron chi connectivity index (χ4n) is 2.56. The number of piperazine rings is 1. The molecule has 2 heterocycles. The Morgan fingerprint density at radius 1 is 1.17 bits per heavy atom. The van der Waals surface area contributed by atoms with E-state index in [-0.39, 0.29) is 24.0 Å². The number of likely N-dealkylation sites (N-methyl/N-ethyl adjacent to an activating group) is 1. The van der Waals surface area contributed by atoms with Crippen molar-refractivity contribution < 1.29 is 4.42 Å². The van der Waals surface area contributed by atoms with Gasteiger partial charge in [-0.3, -0.25) is 4.90 Å². The van der Waals surface area contributed by atoms with Crippen LogP contribution in [0.2, 0.25) is 0 Å². The van der Waals surface area contributed by atoms with Gasteiger partial charge in [0.1, 0.15) is 12.3 Å². The van der Waals surface area contributed by atoms with Crippen molar-refractivity contribution in [2.75, 3.05) is 52.4 Å². The summed E-state index contributed by atoms with van der Waals surface area (Å²) in [5.74, 6) is 1.74. The predicted octanol–water partition coefficient (Wildman–Crippen LogP) is 1.59. The first-order chi connectivity index (χ1) is 10.8. The number of hydrogen-bond donors (Lipinski definition) is 2. The van der Waals surface area contributed by atoms with Gasteiger partial charge in [0.05, 0.1) is 6.26 Å². The van der Waals surface area contributed by atoms with Crippen LogP contribution in [0.4, 0.5) is 0 Å². The topological polar surface area (TPSA) is 56.0 Å². The van der Waals surface area contributed by atoms with E-state index in [9.17, 15) is 0 Å². The number of hydrogen-bond acceptors (Lipinski definition) is 4. The van der Waals surface area contributed by atoms with E-state index in [0.29, 0.717) is 6.54 Å². The third-order valence-corrected chi connectivity index (χ3v) is 3.95. The third kappa shape index (κ3) is 7.54. The predicted molar refractivity (Wildman–Crippen MR) is 105 cm³/mol. The molecular weight excluding hydrogens is 405 g/mol. The molecule has 1 aromatic rings. The maximum absolute atomic E-state index is 5.31. The lowest BCUT2D eigenvalue weighted by atomic mass is 10.3. The second-order valence-corrected chi connectivity index (χ2v) is 5.48. The Bertz CT molecular complexity index is 430. The molecular formula is C16H30IN5O. The highest BCUT2D eigenvalue weighted by molar-refractivity contribution is 14.0. The standard InChI is InChI=1S/C16H29N5O.HI/c1-3-17-16(19-14-15-6-5-13-22-15)18-7-8-21-11-9-20(4-2)10-12-21;/h5-6,13H,3-4,7-12,14H2,1-2H3,(H2,17,18,19);1H. The minimum atomic E-state index is 0. The summed E-state index contributed by atoms with van der Waals surface area (Å²) in [4.78, 5) is 9.55. The van der Waals surface area contributed by atoms with Gasteiger partial charge >= 0.3 is 0 Å². The smallest absolute Gasteiger partial charge is 0.191 e. The summed E-state index contributed by atoms with van der Waals surface area (Å²) in [6.07, 6.45) is 1.68. The van der Waals surface area contributed by atoms with Crippen LogP contribution < -0.4 is 10.6 Å². The average molecular weight is 435 g/mol. The Balaban J connectivity index is 0.00000264. The van der Waals surface area contributed by atoms with Gasteiger partial charge in [-0.15, -0.1) is 24.0 Å². The van der Waals surface area contributed by atoms with E-state index in [1.807, 2.05) is 12.1 Å². The second kappa shape index (κ2) is 11.7. The average Bonchev–Trinajstić information content (AvgIpc) is 3.06. The van der Waals surface area contributed by atoms with Crippen LogP contribution >= 0.6 is 24.0 Å². The maximum atomic E-state index is 5.31. The number of aliphatic imine (C=N–C) groups is 1. The van der Waals surface area contributed by atoms with E-state index in [2.05, 4.69) is 39.3 Å². The summed E-state index contributed by atoms with van der Waals surface area (Å²) in [7, 11) is 0. The van der Waals surface area contributed by atoms with E-state index >= 15 is 0 Å². The first-order valence-electron chi connectivity index (χ1n) is 8.31. The van der Waals surface area contributed by atoms with Crippen LogP contribution in [-0.2, 0) is 6.54 Å². The van der Waals surface area contributed by atoms with Crippen LogP contribution in [-0.4, -0.2) is 68.1 Å². The summed E-state index contributed by atoms with van der Waals surface area (Å²) in [5, 5.41) is 6.67. The molecule has 1 aliphatic rings. The zero-order valence-electron chi connectivity index (χ0n) is 14.3. The van der Waals surface area contributed by atoms with Gasteiger partial charge in [0, 0.05) is 45.8 Å². The Kier molecular flexibility index (Phi) is 10.3. The van der Waals surface area contributed by atoms with E-state index in [1.54, 1.807) is 6.26 Å². The van der Waals surface area contributed by atoms with Gasteiger partial charge in [-0.25, -0.2) is 4.99 Å². The molecule has 0 amide bonds. The Hall–Kier alpha value is -0.800. The molecule has 0 radical (unpaired) electrons. The van der Waals surface area contributed by atoms with Crippen molar-refractivity contribution in [3.05, 3.63) is 24.2 Å². The van der Waals surface area contributed by atoms with Crippen molar-refractivity contribution >= 4 is 29.9 Å². The molecule has 2 N–H and O–H groups in total. The minimum absolute atomic E-state index is 0. The molecule has 1 saturated heterocycles. The van der Waals surface area contributed by atoms with Crippen molar-refractivity contribution in [3.8, 4) is 0 Å². The van der Waals surface area contributed by atoms with Crippen molar-refractivity contribution in [2.24, 2.45) is 4.99 Å². The van der Waals surface area contributed by atoms with Crippen LogP contribution in [0.1, 0.15) is 19.6 Å². The summed E-state index contributed by atoms with van der Waals surface area (Å²) >= 11 is 0. The highest BCUT2D eigenvalue weighted by Gasteiger charge is 2.14. The van der Waals surface area contributed by atoms with Crippen LogP contribution in [0.5, 0.6) is 0 Å². The molecule has 0 atom stereocenters. The van der Waals surface area contributed by atoms with Crippen LogP contribution in [0.15, 0.2) is 27.8 Å². The largest absolute Gasteiger partial charge is 0.467 e. The first kappa shape index (κ1) is 20.2. The molecule has 1 aliphatic heterocycles. The summed E-state index contributed by atoms with van der Waals surface area (Å²) < 4.78 is 5.31. The zero-order chi connectivity index (χ0) is 15.6. The first-order valence-corrected chi connectivity index (χ1v) is 8.31. The van der Waals surface area contributed by atoms with Gasteiger partial charge in [0.25, 0.3) is 0 Å². The van der Waals surface area contributed by atoms with Gasteiger partial charge in [0.2, 0.25) is 0 Å². The molecule has 23 heavy (non-hydrogen) atoms. The fourth-order valence-corrected chi connectivity index (χ4v) is 2.56. The van der Waals surface area contributed by atoms with E-state index in [1.165, 1.54) is 13.1 Å². The van der Waals surface area contributed by atoms with Crippen molar-refractivity contribution in [1.29, 1.82) is 0 Å². The van der Waals surface area contributed by atoms with Gasteiger partial charge in [-0.2, -0.15) is 0 Å². The molecule has 0 aliphatic carbocycles. The maximum Gasteiger partial charge on any atom is 0.191 e. The Labute approximate surface area is 156 Å². The number of furan rings is 1. The lowest BCUT2D eigenvalue weighted by Gasteiger charge is -2.34. The van der Waals surface area contributed by atoms with Crippen LogP contribution in [0.25, 0.3) is 0 Å². The van der Waals surface area contributed by atoms with Gasteiger partial charge < -0.3 is 20.0 Å². The number of guanidine groups is 1. The Morgan fingerprint density at radius 2 is 1.91 bits per heavy atom. The second-order valence-electron chi connectivity index (χ2n) is 5.48. The Morgan fingerprint density at radius 3 is 2.52 bits per heavy atom. The van der Waals surface area contributed by atoms with Crippen LogP contribution in [0.3, 0.4) is 0 Å². The number of nitrogens with zero attached hydrogens (tertiary/aromatic N) is 3. The molecule has 1 fully saturated rings. The van der Waals surface area contributed by atoms with Crippen molar-refractivity contribution in [2.45, 2.75) is 20.4 Å². The third-order valence-electron chi connectivity index (χ3n) is 3.95. The molecule has 132 valence electrons. The van der Waals surface area contributed by atoms with Gasteiger partial charge in [-0.05, 0) is 25.6 Å². The number of nitrogens with one attached hydrogen (secondary N) is 2.